The molecule has 0 unspecified atom stereocenters. The van der Waals surface area contributed by atoms with Gasteiger partial charge in [-0.25, -0.2) is 0 Å². The van der Waals surface area contributed by atoms with Gasteiger partial charge in [-0.15, -0.1) is 10.2 Å². The zero-order valence-electron chi connectivity index (χ0n) is 14.4. The molecular weight excluding hydrogens is 340 g/mol. The average Bonchev–Trinajstić information content (AvgIpc) is 3.04. The van der Waals surface area contributed by atoms with Gasteiger partial charge in [-0.05, 0) is 25.5 Å². The molecule has 3 aromatic rings. The van der Waals surface area contributed by atoms with Crippen molar-refractivity contribution in [3.63, 3.8) is 0 Å². The SMILES string of the molecule is CCCCn1c(=O)c2ccccc2n2c(S[C@H](C)C(=O)OC)nnc12. The van der Waals surface area contributed by atoms with E-state index < -0.39 is 5.25 Å². The number of hydrogen-bond donors (Lipinski definition) is 0. The lowest BCUT2D eigenvalue weighted by molar-refractivity contribution is -0.139. The summed E-state index contributed by atoms with van der Waals surface area (Å²) in [7, 11) is 1.36. The molecule has 25 heavy (non-hydrogen) atoms. The van der Waals surface area contributed by atoms with Crippen molar-refractivity contribution in [1.82, 2.24) is 19.2 Å². The summed E-state index contributed by atoms with van der Waals surface area (Å²) < 4.78 is 8.29. The number of fused-ring (bicyclic) bond motifs is 3. The predicted octanol–water partition coefficient (Wildman–Crippen LogP) is 2.50. The highest BCUT2D eigenvalue weighted by Crippen LogP contribution is 2.25. The summed E-state index contributed by atoms with van der Waals surface area (Å²) in [4.78, 5) is 24.6. The maximum atomic E-state index is 12.8. The van der Waals surface area contributed by atoms with Crippen LogP contribution in [0.4, 0.5) is 0 Å². The standard InChI is InChI=1S/C17H20N4O3S/c1-4-5-10-20-14(22)12-8-6-7-9-13(12)21-16(20)18-19-17(21)25-11(2)15(23)24-3/h6-9,11H,4-5,10H2,1-3H3/t11-/m1/s1. The van der Waals surface area contributed by atoms with E-state index in [-0.39, 0.29) is 11.5 Å². The third-order valence-corrected chi connectivity index (χ3v) is 5.05. The molecule has 132 valence electrons. The highest BCUT2D eigenvalue weighted by atomic mass is 32.2. The van der Waals surface area contributed by atoms with Gasteiger partial charge in [0, 0.05) is 6.54 Å². The molecule has 7 nitrogen and oxygen atoms in total. The minimum Gasteiger partial charge on any atom is -0.468 e. The number of aromatic nitrogens is 4. The third-order valence-electron chi connectivity index (χ3n) is 4.03. The molecule has 0 aliphatic heterocycles. The monoisotopic (exact) mass is 360 g/mol. The molecule has 0 spiro atoms. The third kappa shape index (κ3) is 3.13. The first-order valence-corrected chi connectivity index (χ1v) is 9.07. The smallest absolute Gasteiger partial charge is 0.318 e. The van der Waals surface area contributed by atoms with Gasteiger partial charge >= 0.3 is 5.97 Å². The number of methoxy groups -OCH3 is 1. The number of hydrogen-bond acceptors (Lipinski definition) is 6. The van der Waals surface area contributed by atoms with Crippen molar-refractivity contribution in [2.24, 2.45) is 0 Å². The van der Waals surface area contributed by atoms with Gasteiger partial charge in [-0.2, -0.15) is 0 Å². The number of ether oxygens (including phenoxy) is 1. The molecule has 2 heterocycles. The van der Waals surface area contributed by atoms with Crippen molar-refractivity contribution in [2.45, 2.75) is 43.6 Å². The Labute approximate surface area is 149 Å². The molecule has 0 saturated carbocycles. The summed E-state index contributed by atoms with van der Waals surface area (Å²) in [5.41, 5.74) is 0.668. The first kappa shape index (κ1) is 17.5. The van der Waals surface area contributed by atoms with Crippen LogP contribution in [0.15, 0.2) is 34.2 Å². The molecule has 0 N–H and O–H groups in total. The summed E-state index contributed by atoms with van der Waals surface area (Å²) in [5, 5.41) is 9.19. The van der Waals surface area contributed by atoms with Crippen LogP contribution in [-0.4, -0.2) is 37.5 Å². The molecule has 0 aliphatic rings. The molecule has 0 aliphatic carbocycles. The van der Waals surface area contributed by atoms with Crippen molar-refractivity contribution < 1.29 is 9.53 Å². The van der Waals surface area contributed by atoms with Crippen molar-refractivity contribution >= 4 is 34.4 Å². The average molecular weight is 360 g/mol. The number of unbranched alkanes of at least 4 members (excludes halogenated alkanes) is 1. The second kappa shape index (κ2) is 7.26. The van der Waals surface area contributed by atoms with E-state index in [1.807, 2.05) is 22.6 Å². The van der Waals surface area contributed by atoms with Crippen LogP contribution in [0, 0.1) is 0 Å². The Kier molecular flexibility index (Phi) is 5.08. The molecule has 2 aromatic heterocycles. The van der Waals surface area contributed by atoms with Gasteiger partial charge in [0.25, 0.3) is 5.56 Å². The zero-order valence-corrected chi connectivity index (χ0v) is 15.2. The molecule has 0 fully saturated rings. The lowest BCUT2D eigenvalue weighted by Crippen LogP contribution is -2.23. The normalized spacial score (nSPS) is 12.6. The lowest BCUT2D eigenvalue weighted by Gasteiger charge is -2.12. The van der Waals surface area contributed by atoms with Crippen LogP contribution >= 0.6 is 11.8 Å². The number of carbonyl (C=O) groups excluding carboxylic acids is 1. The molecule has 0 saturated heterocycles. The van der Waals surface area contributed by atoms with Crippen molar-refractivity contribution in [1.29, 1.82) is 0 Å². The van der Waals surface area contributed by atoms with Crippen LogP contribution < -0.4 is 5.56 Å². The zero-order chi connectivity index (χ0) is 18.0. The fraction of sp³-hybridized carbons (Fsp3) is 0.412. The number of aryl methyl sites for hydroxylation is 1. The van der Waals surface area contributed by atoms with E-state index in [0.29, 0.717) is 22.9 Å². The Balaban J connectivity index is 2.23. The maximum Gasteiger partial charge on any atom is 0.318 e. The van der Waals surface area contributed by atoms with E-state index >= 15 is 0 Å². The lowest BCUT2D eigenvalue weighted by atomic mass is 10.2. The summed E-state index contributed by atoms with van der Waals surface area (Å²) in [6.45, 7) is 4.41. The summed E-state index contributed by atoms with van der Waals surface area (Å²) in [5.74, 6) is 0.169. The summed E-state index contributed by atoms with van der Waals surface area (Å²) >= 11 is 1.27. The van der Waals surface area contributed by atoms with Gasteiger partial charge in [0.2, 0.25) is 5.78 Å². The number of rotatable bonds is 6. The van der Waals surface area contributed by atoms with Crippen LogP contribution in [-0.2, 0) is 16.1 Å². The Bertz CT molecular complexity index is 979. The van der Waals surface area contributed by atoms with Gasteiger partial charge in [-0.1, -0.05) is 37.2 Å². The topological polar surface area (TPSA) is 78.5 Å². The Morgan fingerprint density at radius 3 is 2.80 bits per heavy atom. The molecule has 0 bridgehead atoms. The quantitative estimate of drug-likeness (QED) is 0.496. The minimum atomic E-state index is -0.424. The molecule has 3 rings (SSSR count). The molecular formula is C17H20N4O3S. The Morgan fingerprint density at radius 2 is 2.08 bits per heavy atom. The van der Waals surface area contributed by atoms with E-state index in [9.17, 15) is 9.59 Å². The van der Waals surface area contributed by atoms with Crippen LogP contribution in [0.3, 0.4) is 0 Å². The first-order chi connectivity index (χ1) is 12.1. The van der Waals surface area contributed by atoms with Crippen LogP contribution in [0.2, 0.25) is 0 Å². The van der Waals surface area contributed by atoms with E-state index in [1.54, 1.807) is 17.6 Å². The molecule has 0 amide bonds. The van der Waals surface area contributed by atoms with Gasteiger partial charge in [0.15, 0.2) is 5.16 Å². The van der Waals surface area contributed by atoms with Crippen molar-refractivity contribution in [2.75, 3.05) is 7.11 Å². The summed E-state index contributed by atoms with van der Waals surface area (Å²) in [6.07, 6.45) is 1.85. The van der Waals surface area contributed by atoms with Gasteiger partial charge in [0.1, 0.15) is 5.25 Å². The second-order valence-electron chi connectivity index (χ2n) is 5.73. The van der Waals surface area contributed by atoms with Crippen molar-refractivity contribution in [3.05, 3.63) is 34.6 Å². The largest absolute Gasteiger partial charge is 0.468 e. The number of nitrogens with zero attached hydrogens (tertiary/aromatic N) is 4. The van der Waals surface area contributed by atoms with E-state index in [4.69, 9.17) is 4.74 Å². The number of thioether (sulfide) groups is 1. The van der Waals surface area contributed by atoms with Crippen molar-refractivity contribution in [3.8, 4) is 0 Å². The number of para-hydroxylation sites is 1. The maximum absolute atomic E-state index is 12.8. The highest BCUT2D eigenvalue weighted by Gasteiger charge is 2.21. The number of benzene rings is 1. The van der Waals surface area contributed by atoms with Gasteiger partial charge < -0.3 is 4.74 Å². The number of esters is 1. The Hall–Kier alpha value is -2.35. The fourth-order valence-corrected chi connectivity index (χ4v) is 3.58. The van der Waals surface area contributed by atoms with Gasteiger partial charge in [0.05, 0.1) is 18.0 Å². The Morgan fingerprint density at radius 1 is 1.32 bits per heavy atom. The molecule has 0 radical (unpaired) electrons. The van der Waals surface area contributed by atoms with Crippen LogP contribution in [0.5, 0.6) is 0 Å². The minimum absolute atomic E-state index is 0.0680. The second-order valence-corrected chi connectivity index (χ2v) is 7.04. The molecule has 1 atom stereocenters. The highest BCUT2D eigenvalue weighted by molar-refractivity contribution is 8.00. The van der Waals surface area contributed by atoms with E-state index in [1.165, 1.54) is 18.9 Å². The predicted molar refractivity (Wildman–Crippen MR) is 97.0 cm³/mol. The fourth-order valence-electron chi connectivity index (χ4n) is 2.70. The van der Waals surface area contributed by atoms with Crippen LogP contribution in [0.1, 0.15) is 26.7 Å². The van der Waals surface area contributed by atoms with Crippen LogP contribution in [0.25, 0.3) is 16.7 Å². The van der Waals surface area contributed by atoms with E-state index in [0.717, 1.165) is 18.4 Å². The summed E-state index contributed by atoms with van der Waals surface area (Å²) in [6, 6.07) is 7.38. The molecule has 1 aromatic carbocycles. The van der Waals surface area contributed by atoms with E-state index in [2.05, 4.69) is 17.1 Å². The molecule has 8 heteroatoms. The van der Waals surface area contributed by atoms with Gasteiger partial charge in [-0.3, -0.25) is 18.6 Å². The number of carbonyl (C=O) groups is 1. The first-order valence-electron chi connectivity index (χ1n) is 8.19.